The topological polar surface area (TPSA) is 97.4 Å². The van der Waals surface area contributed by atoms with Gasteiger partial charge in [-0.3, -0.25) is 13.8 Å². The molecule has 1 aliphatic heterocycles. The Labute approximate surface area is 218 Å². The van der Waals surface area contributed by atoms with Crippen molar-refractivity contribution in [1.82, 2.24) is 15.6 Å². The van der Waals surface area contributed by atoms with Gasteiger partial charge < -0.3 is 15.4 Å². The number of amides is 1. The molecule has 2 heterocycles. The number of benzene rings is 2. The van der Waals surface area contributed by atoms with Crippen LogP contribution in [0, 0.1) is 0 Å². The maximum atomic E-state index is 13.5. The van der Waals surface area contributed by atoms with Crippen LogP contribution in [-0.2, 0) is 26.1 Å². The van der Waals surface area contributed by atoms with E-state index >= 15 is 0 Å². The zero-order valence-corrected chi connectivity index (χ0v) is 22.1. The van der Waals surface area contributed by atoms with Crippen LogP contribution in [0.4, 0.5) is 0 Å². The van der Waals surface area contributed by atoms with Crippen molar-refractivity contribution in [2.24, 2.45) is 0 Å². The number of ether oxygens (including phenoxy) is 1. The van der Waals surface area contributed by atoms with E-state index in [2.05, 4.69) is 15.6 Å². The smallest absolute Gasteiger partial charge is 0.238 e. The lowest BCUT2D eigenvalue weighted by Gasteiger charge is -2.29. The van der Waals surface area contributed by atoms with Crippen LogP contribution >= 0.6 is 11.3 Å². The number of hydrogen-bond donors (Lipinski definition) is 2. The maximum absolute atomic E-state index is 13.5. The van der Waals surface area contributed by atoms with Gasteiger partial charge in [-0.1, -0.05) is 55.8 Å². The SMILES string of the molecule is CCCC(NC(=O)C(CS(=O)Cc1ccccc1)NC1CCOCC1)C(=O)c1nc2ccccc2s1. The molecule has 0 radical (unpaired) electrons. The van der Waals surface area contributed by atoms with Gasteiger partial charge in [0.05, 0.1) is 22.3 Å². The molecule has 1 aromatic heterocycles. The van der Waals surface area contributed by atoms with Crippen LogP contribution in [0.2, 0.25) is 0 Å². The molecule has 9 heteroatoms. The van der Waals surface area contributed by atoms with Crippen molar-refractivity contribution >= 4 is 44.0 Å². The fraction of sp³-hybridized carbons (Fsp3) is 0.444. The summed E-state index contributed by atoms with van der Waals surface area (Å²) in [5.74, 6) is 0.0764. The number of carbonyl (C=O) groups excluding carboxylic acids is 2. The molecule has 0 saturated carbocycles. The van der Waals surface area contributed by atoms with E-state index in [9.17, 15) is 13.8 Å². The summed E-state index contributed by atoms with van der Waals surface area (Å²) in [5, 5.41) is 6.78. The van der Waals surface area contributed by atoms with E-state index in [1.807, 2.05) is 61.5 Å². The van der Waals surface area contributed by atoms with Gasteiger partial charge >= 0.3 is 0 Å². The number of nitrogens with one attached hydrogen (secondary N) is 2. The molecule has 3 aromatic rings. The number of ketones is 1. The summed E-state index contributed by atoms with van der Waals surface area (Å²) in [6.07, 6.45) is 2.83. The quantitative estimate of drug-likeness (QED) is 0.347. The van der Waals surface area contributed by atoms with E-state index in [0.29, 0.717) is 30.4 Å². The number of Topliss-reactive ketones (excluding diaryl/α,β-unsaturated/α-hetero) is 1. The first kappa shape index (κ1) is 26.6. The molecule has 7 nitrogen and oxygen atoms in total. The van der Waals surface area contributed by atoms with Crippen molar-refractivity contribution in [3.63, 3.8) is 0 Å². The lowest BCUT2D eigenvalue weighted by Crippen LogP contribution is -2.55. The second kappa shape index (κ2) is 13.2. The summed E-state index contributed by atoms with van der Waals surface area (Å²) in [5.41, 5.74) is 1.75. The normalized spacial score (nSPS) is 16.9. The van der Waals surface area contributed by atoms with Gasteiger partial charge in [-0.05, 0) is 37.0 Å². The Kier molecular flexibility index (Phi) is 9.75. The van der Waals surface area contributed by atoms with Gasteiger partial charge in [0.25, 0.3) is 0 Å². The standard InChI is InChI=1S/C27H33N3O4S2/c1-2-8-22(25(31)27-30-21-11-6-7-12-24(21)35-27)29-26(32)23(28-20-13-15-34-16-14-20)18-36(33)17-19-9-4-3-5-10-19/h3-7,9-12,20,22-23,28H,2,8,13-18H2,1H3,(H,29,32). The largest absolute Gasteiger partial charge is 0.381 e. The molecule has 1 fully saturated rings. The summed E-state index contributed by atoms with van der Waals surface area (Å²) in [4.78, 5) is 31.3. The van der Waals surface area contributed by atoms with Gasteiger partial charge in [0.15, 0.2) is 5.01 Å². The Morgan fingerprint density at radius 1 is 1.08 bits per heavy atom. The molecule has 192 valence electrons. The third-order valence-corrected chi connectivity index (χ3v) is 8.62. The Bertz CT molecular complexity index is 1140. The van der Waals surface area contributed by atoms with Crippen LogP contribution < -0.4 is 10.6 Å². The van der Waals surface area contributed by atoms with E-state index in [4.69, 9.17) is 4.74 Å². The first-order valence-corrected chi connectivity index (χ1v) is 14.8. The molecule has 2 aromatic carbocycles. The molecule has 0 spiro atoms. The average molecular weight is 528 g/mol. The number of hydrogen-bond acceptors (Lipinski definition) is 7. The fourth-order valence-corrected chi connectivity index (χ4v) is 6.57. The number of carbonyl (C=O) groups is 2. The van der Waals surface area contributed by atoms with Gasteiger partial charge in [-0.15, -0.1) is 11.3 Å². The Morgan fingerprint density at radius 3 is 2.53 bits per heavy atom. The van der Waals surface area contributed by atoms with Crippen molar-refractivity contribution < 1.29 is 18.5 Å². The zero-order chi connectivity index (χ0) is 25.3. The predicted octanol–water partition coefficient (Wildman–Crippen LogP) is 3.85. The van der Waals surface area contributed by atoms with Gasteiger partial charge in [-0.25, -0.2) is 4.98 Å². The van der Waals surface area contributed by atoms with Crippen LogP contribution in [0.5, 0.6) is 0 Å². The molecular weight excluding hydrogens is 494 g/mol. The minimum Gasteiger partial charge on any atom is -0.381 e. The summed E-state index contributed by atoms with van der Waals surface area (Å²) in [6, 6.07) is 16.0. The van der Waals surface area contributed by atoms with Crippen molar-refractivity contribution in [2.75, 3.05) is 19.0 Å². The van der Waals surface area contributed by atoms with Crippen molar-refractivity contribution in [3.8, 4) is 0 Å². The van der Waals surface area contributed by atoms with Crippen LogP contribution in [0.1, 0.15) is 48.0 Å². The fourth-order valence-electron chi connectivity index (χ4n) is 4.31. The number of para-hydroxylation sites is 1. The maximum Gasteiger partial charge on any atom is 0.238 e. The van der Waals surface area contributed by atoms with E-state index in [1.165, 1.54) is 11.3 Å². The number of rotatable bonds is 12. The molecule has 1 saturated heterocycles. The highest BCUT2D eigenvalue weighted by Gasteiger charge is 2.30. The summed E-state index contributed by atoms with van der Waals surface area (Å²) in [7, 11) is -1.25. The molecule has 3 atom stereocenters. The molecule has 1 amide bonds. The third kappa shape index (κ3) is 7.29. The molecule has 1 aliphatic rings. The highest BCUT2D eigenvalue weighted by Crippen LogP contribution is 2.23. The lowest BCUT2D eigenvalue weighted by atomic mass is 10.1. The lowest BCUT2D eigenvalue weighted by molar-refractivity contribution is -0.123. The van der Waals surface area contributed by atoms with Crippen molar-refractivity contribution in [2.45, 2.75) is 56.5 Å². The zero-order valence-electron chi connectivity index (χ0n) is 20.5. The number of nitrogens with zero attached hydrogens (tertiary/aromatic N) is 1. The second-order valence-electron chi connectivity index (χ2n) is 9.04. The van der Waals surface area contributed by atoms with Gasteiger partial charge in [0.1, 0.15) is 0 Å². The Balaban J connectivity index is 1.47. The van der Waals surface area contributed by atoms with Crippen molar-refractivity contribution in [1.29, 1.82) is 0 Å². The molecular formula is C27H33N3O4S2. The molecule has 2 N–H and O–H groups in total. The Morgan fingerprint density at radius 2 is 1.81 bits per heavy atom. The first-order chi connectivity index (χ1) is 17.5. The monoisotopic (exact) mass is 527 g/mol. The first-order valence-electron chi connectivity index (χ1n) is 12.5. The molecule has 3 unspecified atom stereocenters. The summed E-state index contributed by atoms with van der Waals surface area (Å²) >= 11 is 1.35. The average Bonchev–Trinajstić information content (AvgIpc) is 3.33. The molecule has 36 heavy (non-hydrogen) atoms. The second-order valence-corrected chi connectivity index (χ2v) is 11.6. The third-order valence-electron chi connectivity index (χ3n) is 6.21. The van der Waals surface area contributed by atoms with E-state index in [1.54, 1.807) is 0 Å². The highest BCUT2D eigenvalue weighted by atomic mass is 32.2. The van der Waals surface area contributed by atoms with Crippen LogP contribution in [0.3, 0.4) is 0 Å². The number of fused-ring (bicyclic) bond motifs is 1. The van der Waals surface area contributed by atoms with Gasteiger partial charge in [-0.2, -0.15) is 0 Å². The van der Waals surface area contributed by atoms with Crippen LogP contribution in [0.15, 0.2) is 54.6 Å². The van der Waals surface area contributed by atoms with E-state index in [0.717, 1.165) is 35.0 Å². The van der Waals surface area contributed by atoms with Crippen molar-refractivity contribution in [3.05, 3.63) is 65.2 Å². The predicted molar refractivity (Wildman–Crippen MR) is 145 cm³/mol. The summed E-state index contributed by atoms with van der Waals surface area (Å²) < 4.78 is 19.4. The van der Waals surface area contributed by atoms with Crippen LogP contribution in [-0.4, -0.2) is 58.0 Å². The van der Waals surface area contributed by atoms with Gasteiger partial charge in [0, 0.05) is 41.6 Å². The van der Waals surface area contributed by atoms with Crippen LogP contribution in [0.25, 0.3) is 10.2 Å². The summed E-state index contributed by atoms with van der Waals surface area (Å²) in [6.45, 7) is 3.25. The highest BCUT2D eigenvalue weighted by molar-refractivity contribution is 7.84. The van der Waals surface area contributed by atoms with Gasteiger partial charge in [0.2, 0.25) is 11.7 Å². The Hall–Kier alpha value is -2.46. The number of thiazole rings is 1. The minimum absolute atomic E-state index is 0.104. The molecule has 0 aliphatic carbocycles. The molecule has 4 rings (SSSR count). The van der Waals surface area contributed by atoms with E-state index in [-0.39, 0.29) is 23.5 Å². The minimum atomic E-state index is -1.25. The van der Waals surface area contributed by atoms with E-state index < -0.39 is 22.9 Å². The number of aromatic nitrogens is 1. The molecule has 0 bridgehead atoms.